The van der Waals surface area contributed by atoms with Gasteiger partial charge in [0.2, 0.25) is 29.5 Å². The maximum absolute atomic E-state index is 14.9. The first-order valence-electron chi connectivity index (χ1n) is 18.7. The summed E-state index contributed by atoms with van der Waals surface area (Å²) < 4.78 is 0. The molecule has 3 unspecified atom stereocenters. The molecule has 50 heavy (non-hydrogen) atoms. The Morgan fingerprint density at radius 2 is 1.54 bits per heavy atom. The van der Waals surface area contributed by atoms with E-state index < -0.39 is 71.7 Å². The first kappa shape index (κ1) is 37.4. The lowest BCUT2D eigenvalue weighted by molar-refractivity contribution is -0.163. The summed E-state index contributed by atoms with van der Waals surface area (Å²) in [5.41, 5.74) is 6.76. The molecule has 0 saturated carbocycles. The van der Waals surface area contributed by atoms with Crippen LogP contribution in [0.25, 0.3) is 0 Å². The maximum atomic E-state index is 14.9. The summed E-state index contributed by atoms with van der Waals surface area (Å²) in [5, 5.41) is 9.16. The lowest BCUT2D eigenvalue weighted by Crippen LogP contribution is -2.65. The highest BCUT2D eigenvalue weighted by atomic mass is 16.2. The minimum Gasteiger partial charge on any atom is -0.342 e. The van der Waals surface area contributed by atoms with Crippen LogP contribution < -0.4 is 21.7 Å². The zero-order valence-electron chi connectivity index (χ0n) is 29.6. The van der Waals surface area contributed by atoms with Gasteiger partial charge in [-0.2, -0.15) is 0 Å². The second-order valence-corrected chi connectivity index (χ2v) is 14.4. The number of rotatable bonds is 8. The van der Waals surface area contributed by atoms with Gasteiger partial charge in [0.25, 0.3) is 5.91 Å². The van der Waals surface area contributed by atoms with Gasteiger partial charge >= 0.3 is 0 Å². The third-order valence-corrected chi connectivity index (χ3v) is 11.0. The minimum absolute atomic E-state index is 0.136. The Bertz CT molecular complexity index is 1390. The molecule has 0 bridgehead atoms. The van der Waals surface area contributed by atoms with Crippen LogP contribution >= 0.6 is 0 Å². The smallest absolute Gasteiger partial charge is 0.252 e. The molecule has 4 fully saturated rings. The number of nitrogens with zero attached hydrogens (tertiary/aromatic N) is 3. The number of hydrogen-bond donors (Lipinski definition) is 4. The normalized spacial score (nSPS) is 29.3. The van der Waals surface area contributed by atoms with Crippen LogP contribution in [0.3, 0.4) is 0 Å². The largest absolute Gasteiger partial charge is 0.342 e. The van der Waals surface area contributed by atoms with Crippen molar-refractivity contribution < 1.29 is 28.8 Å². The van der Waals surface area contributed by atoms with Gasteiger partial charge in [-0.05, 0) is 82.4 Å². The molecule has 5 N–H and O–H groups in total. The SMILES string of the molecule is CCC(C)[C@@H]1NC(=O)[C@@H](Cc2ccccc2)NC(=O)[C@@H]2CCCN2C(=O)[C@@H](CCCN)N(C(=O)C2CCCCN2)C(=O)C2CCCCN2C1=O. The van der Waals surface area contributed by atoms with Gasteiger partial charge in [0.05, 0.1) is 6.04 Å². The van der Waals surface area contributed by atoms with E-state index in [-0.39, 0.29) is 38.4 Å². The van der Waals surface area contributed by atoms with E-state index in [1.54, 1.807) is 0 Å². The average molecular weight is 694 g/mol. The van der Waals surface area contributed by atoms with Gasteiger partial charge in [-0.15, -0.1) is 0 Å². The molecule has 6 amide bonds. The van der Waals surface area contributed by atoms with Crippen molar-refractivity contribution in [2.24, 2.45) is 11.7 Å². The molecule has 0 aromatic heterocycles. The molecule has 4 aliphatic heterocycles. The van der Waals surface area contributed by atoms with Gasteiger partial charge in [-0.3, -0.25) is 33.7 Å². The molecule has 13 heteroatoms. The third kappa shape index (κ3) is 8.37. The third-order valence-electron chi connectivity index (χ3n) is 11.0. The Balaban J connectivity index is 1.62. The van der Waals surface area contributed by atoms with Crippen molar-refractivity contribution in [3.63, 3.8) is 0 Å². The summed E-state index contributed by atoms with van der Waals surface area (Å²) in [4.78, 5) is 90.9. The predicted molar refractivity (Wildman–Crippen MR) is 187 cm³/mol. The number of hydrogen-bond acceptors (Lipinski definition) is 8. The van der Waals surface area contributed by atoms with Gasteiger partial charge < -0.3 is 31.5 Å². The van der Waals surface area contributed by atoms with E-state index in [2.05, 4.69) is 16.0 Å². The highest BCUT2D eigenvalue weighted by Crippen LogP contribution is 2.28. The van der Waals surface area contributed by atoms with Crippen molar-refractivity contribution >= 4 is 35.4 Å². The van der Waals surface area contributed by atoms with E-state index in [1.807, 2.05) is 44.2 Å². The molecule has 0 spiro atoms. The van der Waals surface area contributed by atoms with Crippen LogP contribution in [0, 0.1) is 5.92 Å². The zero-order chi connectivity index (χ0) is 35.8. The lowest BCUT2D eigenvalue weighted by atomic mass is 9.92. The number of carbonyl (C=O) groups is 6. The van der Waals surface area contributed by atoms with E-state index in [1.165, 1.54) is 9.80 Å². The van der Waals surface area contributed by atoms with Crippen LogP contribution in [-0.4, -0.2) is 113 Å². The molecular formula is C37H55N7O6. The topological polar surface area (TPSA) is 174 Å². The molecule has 13 nitrogen and oxygen atoms in total. The Hall–Kier alpha value is -3.84. The van der Waals surface area contributed by atoms with Crippen LogP contribution in [0.4, 0.5) is 0 Å². The van der Waals surface area contributed by atoms with E-state index >= 15 is 0 Å². The molecule has 4 saturated heterocycles. The first-order valence-corrected chi connectivity index (χ1v) is 18.7. The Morgan fingerprint density at radius 3 is 2.24 bits per heavy atom. The number of imide groups is 1. The number of fused-ring (bicyclic) bond motifs is 2. The van der Waals surface area contributed by atoms with Gasteiger partial charge in [0, 0.05) is 19.5 Å². The van der Waals surface area contributed by atoms with Gasteiger partial charge in [0.1, 0.15) is 30.2 Å². The van der Waals surface area contributed by atoms with Crippen molar-refractivity contribution in [2.75, 3.05) is 26.2 Å². The molecule has 0 aliphatic carbocycles. The molecule has 7 atom stereocenters. The number of nitrogens with one attached hydrogen (secondary N) is 3. The molecule has 1 aromatic carbocycles. The molecular weight excluding hydrogens is 638 g/mol. The number of benzene rings is 1. The highest BCUT2D eigenvalue weighted by molar-refractivity contribution is 6.06. The standard InChI is InChI=1S/C37H55N7O6/c1-3-24(2)31-37(50)43-21-10-8-16-29(43)36(49)44(34(47)26-15-7-9-20-39-26)30(17-11-19-38)35(48)42-22-12-18-28(42)33(46)40-27(32(45)41-31)23-25-13-5-4-6-14-25/h4-6,13-14,24,26-31,39H,3,7-12,15-23,38H2,1-2H3,(H,40,46)(H,41,45)/t24?,26?,27-,28+,29?,30-,31+/m1/s1. The monoisotopic (exact) mass is 693 g/mol. The fraction of sp³-hybridized carbons (Fsp3) is 0.676. The van der Waals surface area contributed by atoms with Crippen molar-refractivity contribution in [1.82, 2.24) is 30.7 Å². The van der Waals surface area contributed by atoms with Gasteiger partial charge in [-0.25, -0.2) is 0 Å². The summed E-state index contributed by atoms with van der Waals surface area (Å²) in [6.07, 6.45) is 6.06. The summed E-state index contributed by atoms with van der Waals surface area (Å²) in [5.74, 6) is -3.24. The summed E-state index contributed by atoms with van der Waals surface area (Å²) in [7, 11) is 0. The second kappa shape index (κ2) is 17.4. The van der Waals surface area contributed by atoms with Crippen LogP contribution in [-0.2, 0) is 35.2 Å². The van der Waals surface area contributed by atoms with E-state index in [0.29, 0.717) is 57.9 Å². The first-order chi connectivity index (χ1) is 24.2. The average Bonchev–Trinajstić information content (AvgIpc) is 3.65. The number of amides is 6. The quantitative estimate of drug-likeness (QED) is 0.294. The molecule has 274 valence electrons. The Morgan fingerprint density at radius 1 is 0.840 bits per heavy atom. The molecule has 0 radical (unpaired) electrons. The summed E-state index contributed by atoms with van der Waals surface area (Å²) >= 11 is 0. The number of piperidine rings is 2. The van der Waals surface area contributed by atoms with E-state index in [9.17, 15) is 28.8 Å². The Labute approximate surface area is 295 Å². The maximum Gasteiger partial charge on any atom is 0.252 e. The van der Waals surface area contributed by atoms with Crippen molar-refractivity contribution in [3.8, 4) is 0 Å². The van der Waals surface area contributed by atoms with E-state index in [4.69, 9.17) is 5.73 Å². The van der Waals surface area contributed by atoms with E-state index in [0.717, 1.165) is 23.3 Å². The lowest BCUT2D eigenvalue weighted by Gasteiger charge is -2.42. The fourth-order valence-electron chi connectivity index (χ4n) is 7.87. The Kier molecular flexibility index (Phi) is 13.0. The predicted octanol–water partition coefficient (Wildman–Crippen LogP) is 1.24. The number of nitrogens with two attached hydrogens (primary N) is 1. The van der Waals surface area contributed by atoms with Crippen LogP contribution in [0.1, 0.15) is 90.0 Å². The van der Waals surface area contributed by atoms with Gasteiger partial charge in [0.15, 0.2) is 0 Å². The second-order valence-electron chi connectivity index (χ2n) is 14.4. The van der Waals surface area contributed by atoms with Crippen molar-refractivity contribution in [3.05, 3.63) is 35.9 Å². The zero-order valence-corrected chi connectivity index (χ0v) is 29.6. The van der Waals surface area contributed by atoms with Crippen molar-refractivity contribution in [2.45, 2.75) is 127 Å². The summed E-state index contributed by atoms with van der Waals surface area (Å²) in [6, 6.07) is 3.62. The van der Waals surface area contributed by atoms with Crippen molar-refractivity contribution in [1.29, 1.82) is 0 Å². The minimum atomic E-state index is -1.19. The number of carbonyl (C=O) groups excluding carboxylic acids is 6. The van der Waals surface area contributed by atoms with Crippen LogP contribution in [0.5, 0.6) is 0 Å². The van der Waals surface area contributed by atoms with Crippen LogP contribution in [0.15, 0.2) is 30.3 Å². The molecule has 1 aromatic rings. The molecule has 4 heterocycles. The summed E-state index contributed by atoms with van der Waals surface area (Å²) in [6.45, 7) is 5.22. The highest BCUT2D eigenvalue weighted by Gasteiger charge is 2.48. The fourth-order valence-corrected chi connectivity index (χ4v) is 7.87. The van der Waals surface area contributed by atoms with Gasteiger partial charge in [-0.1, -0.05) is 57.0 Å². The molecule has 4 aliphatic rings. The molecule has 5 rings (SSSR count). The van der Waals surface area contributed by atoms with Crippen LogP contribution in [0.2, 0.25) is 0 Å².